The average molecular weight is 243 g/mol. The van der Waals surface area contributed by atoms with E-state index in [-0.39, 0.29) is 0 Å². The molecule has 96 valence electrons. The van der Waals surface area contributed by atoms with Gasteiger partial charge in [0.25, 0.3) is 0 Å². The highest BCUT2D eigenvalue weighted by atomic mass is 16.3. The monoisotopic (exact) mass is 243 g/mol. The first kappa shape index (κ1) is 11.8. The zero-order chi connectivity index (χ0) is 12.5. The minimum atomic E-state index is 0.603. The van der Waals surface area contributed by atoms with Crippen molar-refractivity contribution < 1.29 is 4.42 Å². The molecule has 2 atom stereocenters. The lowest BCUT2D eigenvalue weighted by atomic mass is 9.87. The molecule has 2 nitrogen and oxygen atoms in total. The van der Waals surface area contributed by atoms with Gasteiger partial charge in [-0.25, -0.2) is 0 Å². The summed E-state index contributed by atoms with van der Waals surface area (Å²) < 4.78 is 5.69. The first-order valence-electron chi connectivity index (χ1n) is 6.95. The number of nitrogens with one attached hydrogen (secondary N) is 1. The number of para-hydroxylation sites is 1. The van der Waals surface area contributed by atoms with E-state index in [0.29, 0.717) is 12.0 Å². The third kappa shape index (κ3) is 2.05. The molecule has 0 radical (unpaired) electrons. The fraction of sp³-hybridized carbons (Fsp3) is 0.500. The van der Waals surface area contributed by atoms with Gasteiger partial charge in [-0.15, -0.1) is 0 Å². The van der Waals surface area contributed by atoms with E-state index >= 15 is 0 Å². The van der Waals surface area contributed by atoms with Crippen LogP contribution in [0.5, 0.6) is 0 Å². The van der Waals surface area contributed by atoms with Gasteiger partial charge in [-0.1, -0.05) is 32.0 Å². The molecule has 1 fully saturated rings. The molecule has 1 saturated heterocycles. The third-order valence-electron chi connectivity index (χ3n) is 3.98. The normalized spacial score (nSPS) is 24.2. The Balaban J connectivity index is 1.93. The van der Waals surface area contributed by atoms with E-state index in [1.807, 2.05) is 12.3 Å². The molecule has 1 aromatic heterocycles. The molecule has 18 heavy (non-hydrogen) atoms. The van der Waals surface area contributed by atoms with Gasteiger partial charge in [-0.05, 0) is 31.4 Å². The van der Waals surface area contributed by atoms with Crippen molar-refractivity contribution in [2.24, 2.45) is 5.92 Å². The predicted octanol–water partition coefficient (Wildman–Crippen LogP) is 3.92. The lowest BCUT2D eigenvalue weighted by Crippen LogP contribution is -2.27. The zero-order valence-corrected chi connectivity index (χ0v) is 11.1. The Morgan fingerprint density at radius 3 is 3.00 bits per heavy atom. The highest BCUT2D eigenvalue weighted by Crippen LogP contribution is 2.36. The number of fused-ring (bicyclic) bond motifs is 1. The van der Waals surface area contributed by atoms with Gasteiger partial charge in [0.2, 0.25) is 0 Å². The van der Waals surface area contributed by atoms with E-state index in [1.165, 1.54) is 23.8 Å². The van der Waals surface area contributed by atoms with Crippen molar-refractivity contribution in [3.05, 3.63) is 36.1 Å². The first-order valence-corrected chi connectivity index (χ1v) is 6.95. The summed E-state index contributed by atoms with van der Waals surface area (Å²) in [5.41, 5.74) is 2.41. The fourth-order valence-electron chi connectivity index (χ4n) is 3.18. The number of benzene rings is 1. The molecule has 1 aliphatic rings. The summed E-state index contributed by atoms with van der Waals surface area (Å²) in [7, 11) is 0. The predicted molar refractivity (Wildman–Crippen MR) is 74.8 cm³/mol. The standard InChI is InChI=1S/C16H21NO/c1-11(2)9-15-12(7-8-17-15)14-10-18-16-6-4-3-5-13(14)16/h3-6,10-12,15,17H,7-9H2,1-2H3. The Morgan fingerprint density at radius 1 is 1.33 bits per heavy atom. The SMILES string of the molecule is CC(C)CC1NCCC1c1coc2ccccc12. The van der Waals surface area contributed by atoms with Crippen LogP contribution in [0.3, 0.4) is 0 Å². The average Bonchev–Trinajstić information content (AvgIpc) is 2.94. The lowest BCUT2D eigenvalue weighted by Gasteiger charge is -2.20. The minimum Gasteiger partial charge on any atom is -0.464 e. The van der Waals surface area contributed by atoms with Crippen molar-refractivity contribution in [2.75, 3.05) is 6.54 Å². The van der Waals surface area contributed by atoms with Gasteiger partial charge in [0.1, 0.15) is 5.58 Å². The summed E-state index contributed by atoms with van der Waals surface area (Å²) in [6.07, 6.45) is 4.43. The summed E-state index contributed by atoms with van der Waals surface area (Å²) in [5.74, 6) is 1.34. The van der Waals surface area contributed by atoms with Crippen LogP contribution < -0.4 is 5.32 Å². The van der Waals surface area contributed by atoms with Crippen molar-refractivity contribution >= 4 is 11.0 Å². The lowest BCUT2D eigenvalue weighted by molar-refractivity contribution is 0.432. The first-order chi connectivity index (χ1) is 8.75. The summed E-state index contributed by atoms with van der Waals surface area (Å²) in [6, 6.07) is 8.97. The van der Waals surface area contributed by atoms with Crippen molar-refractivity contribution in [3.8, 4) is 0 Å². The highest BCUT2D eigenvalue weighted by molar-refractivity contribution is 5.81. The molecule has 3 rings (SSSR count). The Morgan fingerprint density at radius 2 is 2.17 bits per heavy atom. The number of furan rings is 1. The molecule has 1 N–H and O–H groups in total. The third-order valence-corrected chi connectivity index (χ3v) is 3.98. The van der Waals surface area contributed by atoms with Crippen molar-refractivity contribution in [3.63, 3.8) is 0 Å². The summed E-state index contributed by atoms with van der Waals surface area (Å²) in [6.45, 7) is 5.72. The van der Waals surface area contributed by atoms with Gasteiger partial charge in [-0.3, -0.25) is 0 Å². The highest BCUT2D eigenvalue weighted by Gasteiger charge is 2.30. The molecule has 2 aromatic rings. The van der Waals surface area contributed by atoms with Crippen LogP contribution in [-0.2, 0) is 0 Å². The van der Waals surface area contributed by atoms with E-state index in [4.69, 9.17) is 4.42 Å². The van der Waals surface area contributed by atoms with Gasteiger partial charge < -0.3 is 9.73 Å². The number of hydrogen-bond donors (Lipinski definition) is 1. The Bertz CT molecular complexity index is 529. The fourth-order valence-corrected chi connectivity index (χ4v) is 3.18. The van der Waals surface area contributed by atoms with Crippen molar-refractivity contribution in [1.29, 1.82) is 0 Å². The van der Waals surface area contributed by atoms with Gasteiger partial charge in [-0.2, -0.15) is 0 Å². The molecule has 2 heterocycles. The summed E-state index contributed by atoms with van der Waals surface area (Å²) in [5, 5.41) is 4.94. The van der Waals surface area contributed by atoms with Crippen LogP contribution in [0.2, 0.25) is 0 Å². The Labute approximate surface area is 108 Å². The maximum atomic E-state index is 5.69. The van der Waals surface area contributed by atoms with Crippen LogP contribution in [0.1, 0.15) is 38.2 Å². The second kappa shape index (κ2) is 4.77. The van der Waals surface area contributed by atoms with E-state index in [9.17, 15) is 0 Å². The van der Waals surface area contributed by atoms with Gasteiger partial charge in [0.15, 0.2) is 0 Å². The maximum Gasteiger partial charge on any atom is 0.134 e. The largest absolute Gasteiger partial charge is 0.464 e. The van der Waals surface area contributed by atoms with Gasteiger partial charge in [0.05, 0.1) is 6.26 Å². The Hall–Kier alpha value is -1.28. The maximum absolute atomic E-state index is 5.69. The van der Waals surface area contributed by atoms with E-state index in [0.717, 1.165) is 18.0 Å². The van der Waals surface area contributed by atoms with E-state index < -0.39 is 0 Å². The molecule has 0 amide bonds. The Kier molecular flexibility index (Phi) is 3.13. The van der Waals surface area contributed by atoms with Crippen LogP contribution in [0.4, 0.5) is 0 Å². The molecule has 1 aliphatic heterocycles. The van der Waals surface area contributed by atoms with E-state index in [2.05, 4.69) is 37.4 Å². The van der Waals surface area contributed by atoms with Crippen LogP contribution >= 0.6 is 0 Å². The van der Waals surface area contributed by atoms with Crippen LogP contribution in [0.25, 0.3) is 11.0 Å². The molecule has 0 spiro atoms. The zero-order valence-electron chi connectivity index (χ0n) is 11.1. The van der Waals surface area contributed by atoms with Crippen LogP contribution in [0.15, 0.2) is 34.9 Å². The van der Waals surface area contributed by atoms with E-state index in [1.54, 1.807) is 0 Å². The molecule has 0 saturated carbocycles. The second-order valence-electron chi connectivity index (χ2n) is 5.77. The van der Waals surface area contributed by atoms with Crippen molar-refractivity contribution in [2.45, 2.75) is 38.6 Å². The van der Waals surface area contributed by atoms with Crippen molar-refractivity contribution in [1.82, 2.24) is 5.32 Å². The number of hydrogen-bond acceptors (Lipinski definition) is 2. The molecular weight excluding hydrogens is 222 g/mol. The molecule has 0 bridgehead atoms. The molecule has 2 unspecified atom stereocenters. The summed E-state index contributed by atoms with van der Waals surface area (Å²) >= 11 is 0. The quantitative estimate of drug-likeness (QED) is 0.883. The summed E-state index contributed by atoms with van der Waals surface area (Å²) in [4.78, 5) is 0. The molecule has 0 aliphatic carbocycles. The molecular formula is C16H21NO. The smallest absolute Gasteiger partial charge is 0.134 e. The second-order valence-corrected chi connectivity index (χ2v) is 5.77. The topological polar surface area (TPSA) is 25.2 Å². The minimum absolute atomic E-state index is 0.603. The van der Waals surface area contributed by atoms with Crippen LogP contribution in [-0.4, -0.2) is 12.6 Å². The number of rotatable bonds is 3. The molecule has 1 aromatic carbocycles. The van der Waals surface area contributed by atoms with Crippen LogP contribution in [0, 0.1) is 5.92 Å². The molecule has 2 heteroatoms. The van der Waals surface area contributed by atoms with Gasteiger partial charge >= 0.3 is 0 Å². The van der Waals surface area contributed by atoms with Gasteiger partial charge in [0, 0.05) is 22.9 Å².